The Morgan fingerprint density at radius 2 is 2.33 bits per heavy atom. The highest BCUT2D eigenvalue weighted by atomic mass is 16.5. The van der Waals surface area contributed by atoms with Crippen molar-refractivity contribution in [3.05, 3.63) is 0 Å². The molecule has 2 fully saturated rings. The highest BCUT2D eigenvalue weighted by Crippen LogP contribution is 2.21. The number of carbonyl (C=O) groups is 1. The average Bonchev–Trinajstić information content (AvgIpc) is 2.72. The van der Waals surface area contributed by atoms with Crippen LogP contribution in [-0.4, -0.2) is 55.4 Å². The lowest BCUT2D eigenvalue weighted by Crippen LogP contribution is -2.41. The van der Waals surface area contributed by atoms with E-state index in [9.17, 15) is 4.79 Å². The molecule has 3 unspecified atom stereocenters. The minimum atomic E-state index is -0.374. The molecule has 0 spiro atoms. The van der Waals surface area contributed by atoms with E-state index in [1.165, 1.54) is 0 Å². The zero-order valence-corrected chi connectivity index (χ0v) is 10.9. The van der Waals surface area contributed by atoms with Crippen molar-refractivity contribution in [3.8, 4) is 0 Å². The fourth-order valence-electron chi connectivity index (χ4n) is 2.66. The molecule has 0 aromatic heterocycles. The van der Waals surface area contributed by atoms with Crippen LogP contribution in [0.2, 0.25) is 0 Å². The van der Waals surface area contributed by atoms with E-state index in [4.69, 9.17) is 15.3 Å². The second-order valence-corrected chi connectivity index (χ2v) is 5.13. The van der Waals surface area contributed by atoms with Crippen LogP contribution >= 0.6 is 0 Å². The summed E-state index contributed by atoms with van der Waals surface area (Å²) in [7, 11) is 0. The highest BCUT2D eigenvalue weighted by molar-refractivity contribution is 5.80. The molecule has 6 heteroatoms. The van der Waals surface area contributed by atoms with E-state index < -0.39 is 0 Å². The summed E-state index contributed by atoms with van der Waals surface area (Å²) in [6.07, 6.45) is 2.77. The van der Waals surface area contributed by atoms with E-state index in [1.54, 1.807) is 0 Å². The lowest BCUT2D eigenvalue weighted by atomic mass is 10.2. The van der Waals surface area contributed by atoms with Gasteiger partial charge in [0, 0.05) is 26.2 Å². The van der Waals surface area contributed by atoms with Gasteiger partial charge in [0.1, 0.15) is 6.10 Å². The van der Waals surface area contributed by atoms with Gasteiger partial charge < -0.3 is 9.47 Å². The van der Waals surface area contributed by atoms with Crippen molar-refractivity contribution in [1.29, 1.82) is 0 Å². The molecule has 0 bridgehead atoms. The molecule has 0 aromatic carbocycles. The fourth-order valence-corrected chi connectivity index (χ4v) is 2.66. The average molecular weight is 257 g/mol. The number of ether oxygens (including phenoxy) is 2. The summed E-state index contributed by atoms with van der Waals surface area (Å²) >= 11 is 0. The molecule has 2 aliphatic rings. The van der Waals surface area contributed by atoms with E-state index in [1.807, 2.05) is 0 Å². The Labute approximate surface area is 108 Å². The summed E-state index contributed by atoms with van der Waals surface area (Å²) in [4.78, 5) is 13.7. The van der Waals surface area contributed by atoms with Gasteiger partial charge in [0.2, 0.25) is 0 Å². The van der Waals surface area contributed by atoms with Crippen LogP contribution in [0.15, 0.2) is 0 Å². The normalized spacial score (nSPS) is 34.2. The maximum atomic E-state index is 11.4. The summed E-state index contributed by atoms with van der Waals surface area (Å²) in [5, 5.41) is 0. The second kappa shape index (κ2) is 6.47. The van der Waals surface area contributed by atoms with Gasteiger partial charge in [-0.15, -0.1) is 0 Å². The third-order valence-corrected chi connectivity index (χ3v) is 3.54. The van der Waals surface area contributed by atoms with E-state index in [0.717, 1.165) is 45.5 Å². The minimum Gasteiger partial charge on any atom is -0.377 e. The zero-order valence-electron chi connectivity index (χ0n) is 10.9. The number of nitrogens with zero attached hydrogens (tertiary/aromatic N) is 1. The van der Waals surface area contributed by atoms with Crippen molar-refractivity contribution in [2.75, 3.05) is 26.2 Å². The molecular formula is C12H23N3O3. The first-order valence-corrected chi connectivity index (χ1v) is 6.69. The number of hydrogen-bond donors (Lipinski definition) is 2. The van der Waals surface area contributed by atoms with E-state index >= 15 is 0 Å². The summed E-state index contributed by atoms with van der Waals surface area (Å²) in [5.74, 6) is 4.90. The zero-order chi connectivity index (χ0) is 13.0. The van der Waals surface area contributed by atoms with Gasteiger partial charge in [-0.3, -0.25) is 15.1 Å². The maximum absolute atomic E-state index is 11.4. The Bertz CT molecular complexity index is 288. The molecule has 1 amide bonds. The Morgan fingerprint density at radius 1 is 1.50 bits per heavy atom. The third kappa shape index (κ3) is 3.65. The predicted molar refractivity (Wildman–Crippen MR) is 66.7 cm³/mol. The first kappa shape index (κ1) is 13.7. The number of hydrogen-bond acceptors (Lipinski definition) is 5. The summed E-state index contributed by atoms with van der Waals surface area (Å²) in [6.45, 7) is 5.79. The van der Waals surface area contributed by atoms with Gasteiger partial charge in [-0.05, 0) is 26.2 Å². The molecule has 2 aliphatic heterocycles. The summed E-state index contributed by atoms with van der Waals surface area (Å²) in [6, 6.07) is 0. The number of rotatable bonds is 3. The molecule has 2 saturated heterocycles. The Balaban J connectivity index is 1.78. The first-order chi connectivity index (χ1) is 8.69. The van der Waals surface area contributed by atoms with Crippen LogP contribution in [0.4, 0.5) is 0 Å². The number of hydrazine groups is 1. The van der Waals surface area contributed by atoms with Crippen LogP contribution < -0.4 is 11.3 Å². The Hall–Kier alpha value is -0.690. The topological polar surface area (TPSA) is 76.8 Å². The Kier molecular flexibility index (Phi) is 4.94. The second-order valence-electron chi connectivity index (χ2n) is 5.13. The van der Waals surface area contributed by atoms with Gasteiger partial charge in [0.15, 0.2) is 0 Å². The van der Waals surface area contributed by atoms with E-state index in [2.05, 4.69) is 17.2 Å². The van der Waals surface area contributed by atoms with Crippen molar-refractivity contribution in [3.63, 3.8) is 0 Å². The molecule has 0 aliphatic carbocycles. The van der Waals surface area contributed by atoms with Crippen molar-refractivity contribution in [1.82, 2.24) is 10.3 Å². The standard InChI is InChI=1S/C12H23N3O3/c1-9-7-15(5-2-6-17-9)8-10-3-4-11(18-10)12(16)14-13/h9-11H,2-8,13H2,1H3,(H,14,16). The lowest BCUT2D eigenvalue weighted by molar-refractivity contribution is -0.132. The molecule has 18 heavy (non-hydrogen) atoms. The number of nitrogens with two attached hydrogens (primary N) is 1. The van der Waals surface area contributed by atoms with Crippen LogP contribution in [-0.2, 0) is 14.3 Å². The van der Waals surface area contributed by atoms with Crippen molar-refractivity contribution < 1.29 is 14.3 Å². The third-order valence-electron chi connectivity index (χ3n) is 3.54. The minimum absolute atomic E-state index is 0.137. The largest absolute Gasteiger partial charge is 0.377 e. The summed E-state index contributed by atoms with van der Waals surface area (Å²) < 4.78 is 11.3. The molecule has 2 rings (SSSR count). The highest BCUT2D eigenvalue weighted by Gasteiger charge is 2.31. The Morgan fingerprint density at radius 3 is 3.11 bits per heavy atom. The maximum Gasteiger partial charge on any atom is 0.263 e. The smallest absolute Gasteiger partial charge is 0.263 e. The van der Waals surface area contributed by atoms with Crippen LogP contribution in [0.5, 0.6) is 0 Å². The fraction of sp³-hybridized carbons (Fsp3) is 0.917. The van der Waals surface area contributed by atoms with E-state index in [0.29, 0.717) is 0 Å². The van der Waals surface area contributed by atoms with Crippen LogP contribution in [0.1, 0.15) is 26.2 Å². The van der Waals surface area contributed by atoms with Gasteiger partial charge in [0.25, 0.3) is 5.91 Å². The van der Waals surface area contributed by atoms with Gasteiger partial charge in [0.05, 0.1) is 12.2 Å². The van der Waals surface area contributed by atoms with Gasteiger partial charge in [-0.2, -0.15) is 0 Å². The molecule has 2 heterocycles. The van der Waals surface area contributed by atoms with Crippen LogP contribution in [0.25, 0.3) is 0 Å². The molecule has 6 nitrogen and oxygen atoms in total. The molecule has 3 atom stereocenters. The monoisotopic (exact) mass is 257 g/mol. The summed E-state index contributed by atoms with van der Waals surface area (Å²) in [5.41, 5.74) is 2.15. The predicted octanol–water partition coefficient (Wildman–Crippen LogP) is -0.365. The number of amides is 1. The lowest BCUT2D eigenvalue weighted by Gasteiger charge is -2.25. The quantitative estimate of drug-likeness (QED) is 0.410. The SMILES string of the molecule is CC1CN(CC2CCC(C(=O)NN)O2)CCCO1. The number of carbonyl (C=O) groups excluding carboxylic acids is 1. The molecule has 104 valence electrons. The van der Waals surface area contributed by atoms with E-state index in [-0.39, 0.29) is 24.2 Å². The number of nitrogens with one attached hydrogen (secondary N) is 1. The molecular weight excluding hydrogens is 234 g/mol. The molecule has 3 N–H and O–H groups in total. The van der Waals surface area contributed by atoms with Gasteiger partial charge in [-0.25, -0.2) is 5.84 Å². The molecule has 0 aromatic rings. The van der Waals surface area contributed by atoms with Gasteiger partial charge in [-0.1, -0.05) is 0 Å². The van der Waals surface area contributed by atoms with Crippen molar-refractivity contribution >= 4 is 5.91 Å². The molecule has 0 saturated carbocycles. The first-order valence-electron chi connectivity index (χ1n) is 6.69. The molecule has 0 radical (unpaired) electrons. The van der Waals surface area contributed by atoms with Crippen LogP contribution in [0.3, 0.4) is 0 Å². The van der Waals surface area contributed by atoms with Crippen molar-refractivity contribution in [2.45, 2.75) is 44.5 Å². The van der Waals surface area contributed by atoms with Crippen LogP contribution in [0, 0.1) is 0 Å². The van der Waals surface area contributed by atoms with Gasteiger partial charge >= 0.3 is 0 Å². The van der Waals surface area contributed by atoms with Crippen molar-refractivity contribution in [2.24, 2.45) is 5.84 Å².